The lowest BCUT2D eigenvalue weighted by Gasteiger charge is -2.44. The highest BCUT2D eigenvalue weighted by Gasteiger charge is 2.42. The Morgan fingerprint density at radius 2 is 2.00 bits per heavy atom. The van der Waals surface area contributed by atoms with E-state index in [0.717, 1.165) is 0 Å². The van der Waals surface area contributed by atoms with Crippen LogP contribution in [0.3, 0.4) is 0 Å². The number of ether oxygens (including phenoxy) is 2. The molecule has 1 aliphatic heterocycles. The Balaban J connectivity index is 2.68. The Kier molecular flexibility index (Phi) is 5.42. The predicted octanol–water partition coefficient (Wildman–Crippen LogP) is 3.14. The summed E-state index contributed by atoms with van der Waals surface area (Å²) in [6.45, 7) is 13.7. The van der Waals surface area contributed by atoms with Gasteiger partial charge in [0.15, 0.2) is 0 Å². The first kappa shape index (κ1) is 17.5. The van der Waals surface area contributed by atoms with Gasteiger partial charge in [0.1, 0.15) is 12.2 Å². The molecule has 1 heterocycles. The van der Waals surface area contributed by atoms with Gasteiger partial charge in [0, 0.05) is 12.1 Å². The Bertz CT molecular complexity index is 409. The Morgan fingerprint density at radius 1 is 1.38 bits per heavy atom. The first-order valence-corrected chi connectivity index (χ1v) is 7.35. The highest BCUT2D eigenvalue weighted by Crippen LogP contribution is 2.33. The summed E-state index contributed by atoms with van der Waals surface area (Å²) in [5, 5.41) is 0. The van der Waals surface area contributed by atoms with E-state index >= 15 is 0 Å². The maximum absolute atomic E-state index is 12.3. The van der Waals surface area contributed by atoms with Crippen LogP contribution in [-0.4, -0.2) is 41.3 Å². The summed E-state index contributed by atoms with van der Waals surface area (Å²) in [7, 11) is 0. The highest BCUT2D eigenvalue weighted by molar-refractivity contribution is 5.74. The van der Waals surface area contributed by atoms with Gasteiger partial charge in [-0.2, -0.15) is 0 Å². The molecule has 0 bridgehead atoms. The normalized spacial score (nSPS) is 21.6. The van der Waals surface area contributed by atoms with Crippen LogP contribution in [0.15, 0.2) is 12.7 Å². The quantitative estimate of drug-likeness (QED) is 0.593. The van der Waals surface area contributed by atoms with Gasteiger partial charge in [-0.1, -0.05) is 12.7 Å². The molecule has 0 spiro atoms. The van der Waals surface area contributed by atoms with Crippen molar-refractivity contribution in [2.24, 2.45) is 5.92 Å². The standard InChI is InChI=1S/C16H27NO4/c1-7-10-20-13(18)12-8-9-17(16(5,6)11-12)14(19)21-15(2,3)4/h7,12H,1,8-11H2,2-6H3. The molecule has 21 heavy (non-hydrogen) atoms. The number of carbonyl (C=O) groups excluding carboxylic acids is 2. The number of esters is 1. The molecule has 120 valence electrons. The molecular weight excluding hydrogens is 270 g/mol. The predicted molar refractivity (Wildman–Crippen MR) is 80.9 cm³/mol. The molecule has 1 rings (SSSR count). The molecular formula is C16H27NO4. The number of hydrogen-bond donors (Lipinski definition) is 0. The topological polar surface area (TPSA) is 55.8 Å². The summed E-state index contributed by atoms with van der Waals surface area (Å²) in [5.74, 6) is -0.398. The number of nitrogens with zero attached hydrogens (tertiary/aromatic N) is 1. The highest BCUT2D eigenvalue weighted by atomic mass is 16.6. The van der Waals surface area contributed by atoms with Crippen molar-refractivity contribution in [1.29, 1.82) is 0 Å². The average molecular weight is 297 g/mol. The van der Waals surface area contributed by atoms with Crippen LogP contribution in [0.25, 0.3) is 0 Å². The van der Waals surface area contributed by atoms with Crippen molar-refractivity contribution in [3.63, 3.8) is 0 Å². The van der Waals surface area contributed by atoms with E-state index in [2.05, 4.69) is 6.58 Å². The summed E-state index contributed by atoms with van der Waals surface area (Å²) < 4.78 is 10.5. The maximum Gasteiger partial charge on any atom is 0.410 e. The third kappa shape index (κ3) is 5.06. The molecule has 1 amide bonds. The SMILES string of the molecule is C=CCOC(=O)C1CCN(C(=O)OC(C)(C)C)C(C)(C)C1. The van der Waals surface area contributed by atoms with E-state index in [1.54, 1.807) is 11.0 Å². The number of likely N-dealkylation sites (tertiary alicyclic amines) is 1. The van der Waals surface area contributed by atoms with Gasteiger partial charge in [0.05, 0.1) is 5.92 Å². The third-order valence-corrected chi connectivity index (χ3v) is 3.47. The van der Waals surface area contributed by atoms with Crippen molar-refractivity contribution < 1.29 is 19.1 Å². The zero-order chi connectivity index (χ0) is 16.3. The minimum Gasteiger partial charge on any atom is -0.461 e. The van der Waals surface area contributed by atoms with Crippen LogP contribution < -0.4 is 0 Å². The fourth-order valence-corrected chi connectivity index (χ4v) is 2.52. The monoisotopic (exact) mass is 297 g/mol. The van der Waals surface area contributed by atoms with Crippen molar-refractivity contribution in [2.75, 3.05) is 13.2 Å². The lowest BCUT2D eigenvalue weighted by Crippen LogP contribution is -2.55. The third-order valence-electron chi connectivity index (χ3n) is 3.47. The average Bonchev–Trinajstić information content (AvgIpc) is 2.32. The fraction of sp³-hybridized carbons (Fsp3) is 0.750. The van der Waals surface area contributed by atoms with Gasteiger partial charge >= 0.3 is 12.1 Å². The molecule has 0 saturated carbocycles. The van der Waals surface area contributed by atoms with Gasteiger partial charge in [-0.15, -0.1) is 0 Å². The number of piperidine rings is 1. The zero-order valence-electron chi connectivity index (χ0n) is 13.8. The van der Waals surface area contributed by atoms with E-state index in [4.69, 9.17) is 9.47 Å². The van der Waals surface area contributed by atoms with Crippen molar-refractivity contribution in [2.45, 2.75) is 58.6 Å². The summed E-state index contributed by atoms with van der Waals surface area (Å²) in [6.07, 6.45) is 2.39. The van der Waals surface area contributed by atoms with Gasteiger partial charge in [-0.3, -0.25) is 4.79 Å². The van der Waals surface area contributed by atoms with Crippen molar-refractivity contribution in [3.05, 3.63) is 12.7 Å². The summed E-state index contributed by atoms with van der Waals surface area (Å²) in [6, 6.07) is 0. The van der Waals surface area contributed by atoms with Gasteiger partial charge in [-0.25, -0.2) is 4.79 Å². The van der Waals surface area contributed by atoms with Crippen LogP contribution in [0.1, 0.15) is 47.5 Å². The van der Waals surface area contributed by atoms with Crippen molar-refractivity contribution in [3.8, 4) is 0 Å². The molecule has 1 unspecified atom stereocenters. The molecule has 0 aromatic heterocycles. The number of amides is 1. The number of carbonyl (C=O) groups is 2. The molecule has 1 saturated heterocycles. The van der Waals surface area contributed by atoms with Crippen LogP contribution >= 0.6 is 0 Å². The lowest BCUT2D eigenvalue weighted by atomic mass is 9.83. The summed E-state index contributed by atoms with van der Waals surface area (Å²) in [5.41, 5.74) is -0.953. The molecule has 5 nitrogen and oxygen atoms in total. The largest absolute Gasteiger partial charge is 0.461 e. The second kappa shape index (κ2) is 6.50. The molecule has 1 fully saturated rings. The Labute approximate surface area is 127 Å². The summed E-state index contributed by atoms with van der Waals surface area (Å²) in [4.78, 5) is 25.9. The Morgan fingerprint density at radius 3 is 2.48 bits per heavy atom. The van der Waals surface area contributed by atoms with Crippen molar-refractivity contribution >= 4 is 12.1 Å². The molecule has 1 atom stereocenters. The van der Waals surface area contributed by atoms with E-state index < -0.39 is 11.1 Å². The zero-order valence-corrected chi connectivity index (χ0v) is 13.8. The van der Waals surface area contributed by atoms with Crippen LogP contribution in [0.4, 0.5) is 4.79 Å². The van der Waals surface area contributed by atoms with Gasteiger partial charge in [0.2, 0.25) is 0 Å². The summed E-state index contributed by atoms with van der Waals surface area (Å²) >= 11 is 0. The van der Waals surface area contributed by atoms with E-state index in [1.807, 2.05) is 34.6 Å². The molecule has 1 aliphatic rings. The lowest BCUT2D eigenvalue weighted by molar-refractivity contribution is -0.150. The molecule has 0 aromatic rings. The van der Waals surface area contributed by atoms with Crippen LogP contribution in [-0.2, 0) is 14.3 Å². The molecule has 0 radical (unpaired) electrons. The van der Waals surface area contributed by atoms with Gasteiger partial charge < -0.3 is 14.4 Å². The fourth-order valence-electron chi connectivity index (χ4n) is 2.52. The first-order valence-electron chi connectivity index (χ1n) is 7.35. The van der Waals surface area contributed by atoms with Crippen molar-refractivity contribution in [1.82, 2.24) is 4.90 Å². The molecule has 0 aromatic carbocycles. The van der Waals surface area contributed by atoms with Crippen LogP contribution in [0, 0.1) is 5.92 Å². The maximum atomic E-state index is 12.3. The van der Waals surface area contributed by atoms with E-state index in [-0.39, 0.29) is 24.6 Å². The van der Waals surface area contributed by atoms with Crippen LogP contribution in [0.2, 0.25) is 0 Å². The molecule has 5 heteroatoms. The molecule has 0 aliphatic carbocycles. The van der Waals surface area contributed by atoms with Crippen LogP contribution in [0.5, 0.6) is 0 Å². The van der Waals surface area contributed by atoms with Gasteiger partial charge in [0.25, 0.3) is 0 Å². The van der Waals surface area contributed by atoms with E-state index in [1.165, 1.54) is 0 Å². The van der Waals surface area contributed by atoms with Gasteiger partial charge in [-0.05, 0) is 47.5 Å². The minimum absolute atomic E-state index is 0.182. The first-order chi connectivity index (χ1) is 9.57. The molecule has 0 N–H and O–H groups in total. The smallest absolute Gasteiger partial charge is 0.410 e. The number of hydrogen-bond acceptors (Lipinski definition) is 4. The second-order valence-corrected chi connectivity index (χ2v) is 7.05. The van der Waals surface area contributed by atoms with E-state index in [0.29, 0.717) is 19.4 Å². The second-order valence-electron chi connectivity index (χ2n) is 7.05. The van der Waals surface area contributed by atoms with E-state index in [9.17, 15) is 9.59 Å². The minimum atomic E-state index is -0.521. The number of rotatable bonds is 3. The Hall–Kier alpha value is -1.52.